The van der Waals surface area contributed by atoms with Gasteiger partial charge >= 0.3 is 0 Å². The van der Waals surface area contributed by atoms with Gasteiger partial charge in [0.2, 0.25) is 0 Å². The average Bonchev–Trinajstić information content (AvgIpc) is 2.74. The molecule has 0 amide bonds. The SMILES string of the molecule is Cc1cccc(OCc2nc(Br)c3ncccn23)c1. The molecule has 0 bridgehead atoms. The zero-order chi connectivity index (χ0) is 13.2. The third kappa shape index (κ3) is 2.46. The van der Waals surface area contributed by atoms with Crippen molar-refractivity contribution in [3.63, 3.8) is 0 Å². The van der Waals surface area contributed by atoms with E-state index in [1.54, 1.807) is 6.20 Å². The summed E-state index contributed by atoms with van der Waals surface area (Å²) >= 11 is 3.41. The highest BCUT2D eigenvalue weighted by molar-refractivity contribution is 9.10. The van der Waals surface area contributed by atoms with Gasteiger partial charge in [-0.05, 0) is 46.6 Å². The maximum absolute atomic E-state index is 5.76. The van der Waals surface area contributed by atoms with Crippen LogP contribution in [-0.2, 0) is 6.61 Å². The molecular formula is C14H12BrN3O. The van der Waals surface area contributed by atoms with Gasteiger partial charge in [-0.2, -0.15) is 0 Å². The largest absolute Gasteiger partial charge is 0.486 e. The molecule has 0 fully saturated rings. The molecule has 19 heavy (non-hydrogen) atoms. The molecular weight excluding hydrogens is 306 g/mol. The predicted octanol–water partition coefficient (Wildman–Crippen LogP) is 3.38. The Morgan fingerprint density at radius 3 is 3.05 bits per heavy atom. The van der Waals surface area contributed by atoms with Crippen LogP contribution in [0.5, 0.6) is 5.75 Å². The molecule has 0 aliphatic carbocycles. The number of halogens is 1. The van der Waals surface area contributed by atoms with Crippen LogP contribution in [0.25, 0.3) is 5.65 Å². The molecule has 0 aliphatic heterocycles. The van der Waals surface area contributed by atoms with Crippen molar-refractivity contribution in [2.24, 2.45) is 0 Å². The summed E-state index contributed by atoms with van der Waals surface area (Å²) in [6, 6.07) is 9.83. The lowest BCUT2D eigenvalue weighted by molar-refractivity contribution is 0.295. The summed E-state index contributed by atoms with van der Waals surface area (Å²) in [4.78, 5) is 8.69. The monoisotopic (exact) mass is 317 g/mol. The van der Waals surface area contributed by atoms with Crippen LogP contribution >= 0.6 is 15.9 Å². The normalized spacial score (nSPS) is 10.8. The van der Waals surface area contributed by atoms with E-state index in [-0.39, 0.29) is 0 Å². The number of aryl methyl sites for hydroxylation is 1. The van der Waals surface area contributed by atoms with E-state index in [0.29, 0.717) is 6.61 Å². The lowest BCUT2D eigenvalue weighted by Gasteiger charge is -2.05. The minimum absolute atomic E-state index is 0.405. The fourth-order valence-corrected chi connectivity index (χ4v) is 2.40. The number of ether oxygens (including phenoxy) is 1. The van der Waals surface area contributed by atoms with Crippen LogP contribution in [0.4, 0.5) is 0 Å². The third-order valence-electron chi connectivity index (χ3n) is 2.79. The van der Waals surface area contributed by atoms with Gasteiger partial charge in [0.25, 0.3) is 0 Å². The molecule has 1 aromatic carbocycles. The van der Waals surface area contributed by atoms with E-state index in [4.69, 9.17) is 4.74 Å². The van der Waals surface area contributed by atoms with E-state index in [1.807, 2.05) is 47.9 Å². The summed E-state index contributed by atoms with van der Waals surface area (Å²) in [5, 5.41) is 0. The molecule has 0 saturated heterocycles. The molecule has 3 rings (SSSR count). The van der Waals surface area contributed by atoms with Crippen LogP contribution in [0.15, 0.2) is 47.3 Å². The fourth-order valence-electron chi connectivity index (χ4n) is 1.90. The van der Waals surface area contributed by atoms with E-state index >= 15 is 0 Å². The van der Waals surface area contributed by atoms with Crippen molar-refractivity contribution in [3.05, 3.63) is 58.7 Å². The molecule has 2 heterocycles. The quantitative estimate of drug-likeness (QED) is 0.743. The Morgan fingerprint density at radius 1 is 1.32 bits per heavy atom. The van der Waals surface area contributed by atoms with E-state index < -0.39 is 0 Å². The topological polar surface area (TPSA) is 39.4 Å². The Bertz CT molecular complexity index is 724. The molecule has 0 aliphatic rings. The molecule has 5 heteroatoms. The number of hydrogen-bond acceptors (Lipinski definition) is 3. The summed E-state index contributed by atoms with van der Waals surface area (Å²) in [5.41, 5.74) is 1.97. The standard InChI is InChI=1S/C14H12BrN3O/c1-10-4-2-5-11(8-10)19-9-12-17-13(15)14-16-6-3-7-18(12)14/h2-8H,9H2,1H3. The molecule has 96 valence electrons. The van der Waals surface area contributed by atoms with Gasteiger partial charge in [-0.25, -0.2) is 9.97 Å². The van der Waals surface area contributed by atoms with Gasteiger partial charge in [0.15, 0.2) is 16.1 Å². The number of benzene rings is 1. The summed E-state index contributed by atoms with van der Waals surface area (Å²) in [6.07, 6.45) is 3.67. The zero-order valence-corrected chi connectivity index (χ0v) is 12.0. The van der Waals surface area contributed by atoms with Gasteiger partial charge in [-0.15, -0.1) is 0 Å². The first-order valence-electron chi connectivity index (χ1n) is 5.91. The van der Waals surface area contributed by atoms with Crippen molar-refractivity contribution in [2.45, 2.75) is 13.5 Å². The molecule has 0 spiro atoms. The highest BCUT2D eigenvalue weighted by Crippen LogP contribution is 2.18. The maximum Gasteiger partial charge on any atom is 0.171 e. The molecule has 0 unspecified atom stereocenters. The van der Waals surface area contributed by atoms with Crippen molar-refractivity contribution < 1.29 is 4.74 Å². The van der Waals surface area contributed by atoms with Crippen molar-refractivity contribution in [1.29, 1.82) is 0 Å². The minimum atomic E-state index is 0.405. The van der Waals surface area contributed by atoms with Crippen LogP contribution in [0.2, 0.25) is 0 Å². The Balaban J connectivity index is 1.86. The van der Waals surface area contributed by atoms with E-state index in [2.05, 4.69) is 25.9 Å². The molecule has 0 atom stereocenters. The van der Waals surface area contributed by atoms with Gasteiger partial charge in [0, 0.05) is 12.4 Å². The van der Waals surface area contributed by atoms with Crippen LogP contribution < -0.4 is 4.74 Å². The van der Waals surface area contributed by atoms with Crippen molar-refractivity contribution in [2.75, 3.05) is 0 Å². The minimum Gasteiger partial charge on any atom is -0.486 e. The summed E-state index contributed by atoms with van der Waals surface area (Å²) in [6.45, 7) is 2.44. The second-order valence-corrected chi connectivity index (χ2v) is 4.99. The Labute approximate surface area is 119 Å². The first kappa shape index (κ1) is 12.2. The number of rotatable bonds is 3. The molecule has 0 saturated carbocycles. The van der Waals surface area contributed by atoms with Crippen molar-refractivity contribution in [1.82, 2.24) is 14.4 Å². The maximum atomic E-state index is 5.76. The number of nitrogens with zero attached hydrogens (tertiary/aromatic N) is 3. The summed E-state index contributed by atoms with van der Waals surface area (Å²) in [5.74, 6) is 1.66. The Hall–Kier alpha value is -1.88. The highest BCUT2D eigenvalue weighted by Gasteiger charge is 2.09. The fraction of sp³-hybridized carbons (Fsp3) is 0.143. The van der Waals surface area contributed by atoms with Crippen LogP contribution in [0.1, 0.15) is 11.4 Å². The van der Waals surface area contributed by atoms with Crippen LogP contribution in [0, 0.1) is 6.92 Å². The van der Waals surface area contributed by atoms with E-state index in [1.165, 1.54) is 5.56 Å². The molecule has 2 aromatic heterocycles. The number of imidazole rings is 1. The first-order chi connectivity index (χ1) is 9.24. The Kier molecular flexibility index (Phi) is 3.21. The first-order valence-corrected chi connectivity index (χ1v) is 6.70. The van der Waals surface area contributed by atoms with Crippen LogP contribution in [0.3, 0.4) is 0 Å². The lowest BCUT2D eigenvalue weighted by Crippen LogP contribution is -2.01. The number of hydrogen-bond donors (Lipinski definition) is 0. The Morgan fingerprint density at radius 2 is 2.21 bits per heavy atom. The van der Waals surface area contributed by atoms with Gasteiger partial charge in [-0.3, -0.25) is 4.40 Å². The third-order valence-corrected chi connectivity index (χ3v) is 3.33. The molecule has 3 aromatic rings. The summed E-state index contributed by atoms with van der Waals surface area (Å²) < 4.78 is 8.41. The zero-order valence-electron chi connectivity index (χ0n) is 10.4. The second-order valence-electron chi connectivity index (χ2n) is 4.24. The van der Waals surface area contributed by atoms with Crippen molar-refractivity contribution in [3.8, 4) is 5.75 Å². The summed E-state index contributed by atoms with van der Waals surface area (Å²) in [7, 11) is 0. The number of aromatic nitrogens is 3. The van der Waals surface area contributed by atoms with E-state index in [9.17, 15) is 0 Å². The molecule has 0 N–H and O–H groups in total. The van der Waals surface area contributed by atoms with Gasteiger partial charge in [0.1, 0.15) is 12.4 Å². The predicted molar refractivity (Wildman–Crippen MR) is 76.2 cm³/mol. The molecule has 0 radical (unpaired) electrons. The van der Waals surface area contributed by atoms with Gasteiger partial charge in [0.05, 0.1) is 0 Å². The van der Waals surface area contributed by atoms with Gasteiger partial charge < -0.3 is 4.74 Å². The number of fused-ring (bicyclic) bond motifs is 1. The van der Waals surface area contributed by atoms with Crippen molar-refractivity contribution >= 4 is 21.6 Å². The highest BCUT2D eigenvalue weighted by atomic mass is 79.9. The second kappa shape index (κ2) is 5.01. The van der Waals surface area contributed by atoms with E-state index in [0.717, 1.165) is 21.8 Å². The smallest absolute Gasteiger partial charge is 0.171 e. The lowest BCUT2D eigenvalue weighted by atomic mass is 10.2. The van der Waals surface area contributed by atoms with Gasteiger partial charge in [-0.1, -0.05) is 12.1 Å². The average molecular weight is 318 g/mol. The molecule has 4 nitrogen and oxygen atoms in total. The van der Waals surface area contributed by atoms with Crippen LogP contribution in [-0.4, -0.2) is 14.4 Å².